The predicted molar refractivity (Wildman–Crippen MR) is 51.4 cm³/mol. The summed E-state index contributed by atoms with van der Waals surface area (Å²) in [6, 6.07) is 3.56. The number of aliphatic hydroxyl groups is 1. The van der Waals surface area contributed by atoms with Crippen molar-refractivity contribution in [2.24, 2.45) is 5.92 Å². The van der Waals surface area contributed by atoms with Crippen LogP contribution >= 0.6 is 0 Å². The minimum Gasteiger partial charge on any atom is -0.467 e. The molecular weight excluding hydrogens is 166 g/mol. The van der Waals surface area contributed by atoms with Gasteiger partial charge < -0.3 is 14.8 Å². The molecule has 13 heavy (non-hydrogen) atoms. The zero-order chi connectivity index (χ0) is 9.68. The van der Waals surface area contributed by atoms with Crippen LogP contribution < -0.4 is 5.32 Å². The van der Waals surface area contributed by atoms with Crippen LogP contribution in [-0.4, -0.2) is 18.2 Å². The highest BCUT2D eigenvalue weighted by Gasteiger charge is 2.09. The average Bonchev–Trinajstić information content (AvgIpc) is 2.55. The van der Waals surface area contributed by atoms with E-state index in [1.807, 2.05) is 0 Å². The second kappa shape index (κ2) is 5.04. The summed E-state index contributed by atoms with van der Waals surface area (Å²) >= 11 is 0. The monoisotopic (exact) mass is 183 g/mol. The SMILES string of the molecule is CC(C)CNCC(O)c1ccco1. The first-order chi connectivity index (χ1) is 6.20. The molecule has 0 fully saturated rings. The van der Waals surface area contributed by atoms with E-state index in [9.17, 15) is 5.11 Å². The van der Waals surface area contributed by atoms with Gasteiger partial charge in [-0.3, -0.25) is 0 Å². The largest absolute Gasteiger partial charge is 0.467 e. The normalized spacial score (nSPS) is 13.5. The molecule has 0 aliphatic carbocycles. The molecule has 0 saturated heterocycles. The maximum absolute atomic E-state index is 9.57. The summed E-state index contributed by atoms with van der Waals surface area (Å²) < 4.78 is 5.06. The van der Waals surface area contributed by atoms with Gasteiger partial charge in [-0.15, -0.1) is 0 Å². The highest BCUT2D eigenvalue weighted by molar-refractivity contribution is 5.02. The van der Waals surface area contributed by atoms with Crippen molar-refractivity contribution in [3.05, 3.63) is 24.2 Å². The van der Waals surface area contributed by atoms with E-state index in [0.29, 0.717) is 18.2 Å². The summed E-state index contributed by atoms with van der Waals surface area (Å²) in [5, 5.41) is 12.7. The fourth-order valence-corrected chi connectivity index (χ4v) is 1.09. The molecule has 1 aromatic heterocycles. The van der Waals surface area contributed by atoms with Crippen LogP contribution in [0.25, 0.3) is 0 Å². The van der Waals surface area contributed by atoms with E-state index in [1.165, 1.54) is 0 Å². The van der Waals surface area contributed by atoms with Gasteiger partial charge in [0.05, 0.1) is 6.26 Å². The van der Waals surface area contributed by atoms with E-state index >= 15 is 0 Å². The minimum atomic E-state index is -0.534. The molecule has 0 amide bonds. The molecule has 0 radical (unpaired) electrons. The molecule has 0 spiro atoms. The van der Waals surface area contributed by atoms with Crippen molar-refractivity contribution >= 4 is 0 Å². The van der Waals surface area contributed by atoms with Gasteiger partial charge in [0.2, 0.25) is 0 Å². The second-order valence-electron chi connectivity index (χ2n) is 3.58. The molecule has 2 N–H and O–H groups in total. The number of rotatable bonds is 5. The quantitative estimate of drug-likeness (QED) is 0.728. The third-order valence-electron chi connectivity index (χ3n) is 1.76. The number of nitrogens with one attached hydrogen (secondary N) is 1. The lowest BCUT2D eigenvalue weighted by Gasteiger charge is -2.10. The summed E-state index contributed by atoms with van der Waals surface area (Å²) in [6.45, 7) is 5.72. The molecule has 0 aliphatic rings. The molecule has 74 valence electrons. The summed E-state index contributed by atoms with van der Waals surface area (Å²) in [7, 11) is 0. The highest BCUT2D eigenvalue weighted by Crippen LogP contribution is 2.11. The molecule has 0 saturated carbocycles. The van der Waals surface area contributed by atoms with Crippen molar-refractivity contribution < 1.29 is 9.52 Å². The lowest BCUT2D eigenvalue weighted by molar-refractivity contribution is 0.146. The third-order valence-corrected chi connectivity index (χ3v) is 1.76. The Morgan fingerprint density at radius 2 is 2.23 bits per heavy atom. The van der Waals surface area contributed by atoms with Crippen molar-refractivity contribution in [1.29, 1.82) is 0 Å². The smallest absolute Gasteiger partial charge is 0.133 e. The van der Waals surface area contributed by atoms with Gasteiger partial charge in [-0.05, 0) is 24.6 Å². The molecule has 1 atom stereocenters. The van der Waals surface area contributed by atoms with Crippen molar-refractivity contribution in [3.8, 4) is 0 Å². The van der Waals surface area contributed by atoms with Crippen molar-refractivity contribution in [2.45, 2.75) is 20.0 Å². The zero-order valence-electron chi connectivity index (χ0n) is 8.16. The van der Waals surface area contributed by atoms with Crippen LogP contribution in [0.2, 0.25) is 0 Å². The number of hydrogen-bond donors (Lipinski definition) is 2. The van der Waals surface area contributed by atoms with E-state index in [-0.39, 0.29) is 0 Å². The van der Waals surface area contributed by atoms with Crippen LogP contribution in [0.4, 0.5) is 0 Å². The van der Waals surface area contributed by atoms with Gasteiger partial charge in [-0.25, -0.2) is 0 Å². The lowest BCUT2D eigenvalue weighted by Crippen LogP contribution is -2.25. The predicted octanol–water partition coefficient (Wildman–Crippen LogP) is 1.56. The van der Waals surface area contributed by atoms with Crippen LogP contribution in [0, 0.1) is 5.92 Å². The Morgan fingerprint density at radius 3 is 2.77 bits per heavy atom. The summed E-state index contributed by atoms with van der Waals surface area (Å²) in [4.78, 5) is 0. The summed E-state index contributed by atoms with van der Waals surface area (Å²) in [5.74, 6) is 1.22. The Morgan fingerprint density at radius 1 is 1.46 bits per heavy atom. The average molecular weight is 183 g/mol. The van der Waals surface area contributed by atoms with Gasteiger partial charge in [-0.2, -0.15) is 0 Å². The minimum absolute atomic E-state index is 0.534. The number of hydrogen-bond acceptors (Lipinski definition) is 3. The van der Waals surface area contributed by atoms with Gasteiger partial charge >= 0.3 is 0 Å². The van der Waals surface area contributed by atoms with E-state index in [1.54, 1.807) is 18.4 Å². The first-order valence-electron chi connectivity index (χ1n) is 4.62. The molecule has 0 bridgehead atoms. The lowest BCUT2D eigenvalue weighted by atomic mass is 10.2. The molecule has 1 unspecified atom stereocenters. The fraction of sp³-hybridized carbons (Fsp3) is 0.600. The Labute approximate surface area is 78.8 Å². The summed E-state index contributed by atoms with van der Waals surface area (Å²) in [6.07, 6.45) is 1.04. The molecule has 1 heterocycles. The first-order valence-corrected chi connectivity index (χ1v) is 4.62. The van der Waals surface area contributed by atoms with Gasteiger partial charge in [0, 0.05) is 6.54 Å². The molecule has 1 aromatic rings. The van der Waals surface area contributed by atoms with E-state index in [2.05, 4.69) is 19.2 Å². The van der Waals surface area contributed by atoms with Crippen LogP contribution in [0.3, 0.4) is 0 Å². The zero-order valence-corrected chi connectivity index (χ0v) is 8.16. The standard InChI is InChI=1S/C10H17NO2/c1-8(2)6-11-7-9(12)10-4-3-5-13-10/h3-5,8-9,11-12H,6-7H2,1-2H3. The van der Waals surface area contributed by atoms with Gasteiger partial charge in [0.15, 0.2) is 0 Å². The van der Waals surface area contributed by atoms with E-state index < -0.39 is 6.10 Å². The van der Waals surface area contributed by atoms with Crippen LogP contribution in [0.15, 0.2) is 22.8 Å². The van der Waals surface area contributed by atoms with Crippen molar-refractivity contribution in [3.63, 3.8) is 0 Å². The number of furan rings is 1. The molecule has 0 aliphatic heterocycles. The van der Waals surface area contributed by atoms with Gasteiger partial charge in [0.1, 0.15) is 11.9 Å². The Kier molecular flexibility index (Phi) is 3.99. The first kappa shape index (κ1) is 10.3. The topological polar surface area (TPSA) is 45.4 Å². The van der Waals surface area contributed by atoms with Gasteiger partial charge in [0.25, 0.3) is 0 Å². The van der Waals surface area contributed by atoms with Crippen molar-refractivity contribution in [1.82, 2.24) is 5.32 Å². The maximum atomic E-state index is 9.57. The maximum Gasteiger partial charge on any atom is 0.133 e. The Bertz CT molecular complexity index is 219. The molecule has 3 nitrogen and oxygen atoms in total. The summed E-state index contributed by atoms with van der Waals surface area (Å²) in [5.41, 5.74) is 0. The third kappa shape index (κ3) is 3.61. The fourth-order valence-electron chi connectivity index (χ4n) is 1.09. The molecule has 0 aromatic carbocycles. The van der Waals surface area contributed by atoms with E-state index in [0.717, 1.165) is 6.54 Å². The number of aliphatic hydroxyl groups excluding tert-OH is 1. The van der Waals surface area contributed by atoms with Crippen molar-refractivity contribution in [2.75, 3.05) is 13.1 Å². The molecule has 3 heteroatoms. The van der Waals surface area contributed by atoms with Gasteiger partial charge in [-0.1, -0.05) is 13.8 Å². The highest BCUT2D eigenvalue weighted by atomic mass is 16.4. The van der Waals surface area contributed by atoms with Crippen LogP contribution in [0.5, 0.6) is 0 Å². The second-order valence-corrected chi connectivity index (χ2v) is 3.58. The molecular formula is C10H17NO2. The molecule has 1 rings (SSSR count). The van der Waals surface area contributed by atoms with Crippen LogP contribution in [-0.2, 0) is 0 Å². The Hall–Kier alpha value is -0.800. The van der Waals surface area contributed by atoms with Crippen LogP contribution in [0.1, 0.15) is 25.7 Å². The Balaban J connectivity index is 2.22. The van der Waals surface area contributed by atoms with E-state index in [4.69, 9.17) is 4.42 Å².